The number of amides is 1. The highest BCUT2D eigenvalue weighted by Crippen LogP contribution is 2.19. The molecule has 1 rings (SSSR count). The summed E-state index contributed by atoms with van der Waals surface area (Å²) in [4.78, 5) is 23.4. The minimum atomic E-state index is -0.649. The van der Waals surface area contributed by atoms with Crippen LogP contribution < -0.4 is 15.8 Å². The van der Waals surface area contributed by atoms with E-state index in [1.165, 1.54) is 7.11 Å². The van der Waals surface area contributed by atoms with Gasteiger partial charge in [-0.05, 0) is 18.1 Å². The number of ether oxygens (including phenoxy) is 2. The maximum Gasteiger partial charge on any atom is 0.328 e. The number of hydrogen-bond donors (Lipinski definition) is 2. The molecule has 0 saturated heterocycles. The van der Waals surface area contributed by atoms with Gasteiger partial charge in [0.15, 0.2) is 0 Å². The summed E-state index contributed by atoms with van der Waals surface area (Å²) in [6.45, 7) is 3.86. The molecule has 0 saturated carbocycles. The number of hydrogen-bond acceptors (Lipinski definition) is 5. The third kappa shape index (κ3) is 5.33. The second kappa shape index (κ2) is 8.14. The van der Waals surface area contributed by atoms with Crippen molar-refractivity contribution in [3.05, 3.63) is 24.3 Å². The summed E-state index contributed by atoms with van der Waals surface area (Å²) in [5.74, 6) is -0.231. The van der Waals surface area contributed by atoms with E-state index in [0.717, 1.165) is 0 Å². The fourth-order valence-electron chi connectivity index (χ4n) is 1.74. The fourth-order valence-corrected chi connectivity index (χ4v) is 1.74. The normalized spacial score (nSPS) is 11.8. The van der Waals surface area contributed by atoms with Crippen molar-refractivity contribution in [3.63, 3.8) is 0 Å². The molecule has 0 fully saturated rings. The molecule has 0 heterocycles. The summed E-state index contributed by atoms with van der Waals surface area (Å²) in [5, 5.41) is 2.64. The van der Waals surface area contributed by atoms with Gasteiger partial charge in [0, 0.05) is 0 Å². The third-order valence-electron chi connectivity index (χ3n) is 2.94. The molecule has 3 N–H and O–H groups in total. The molecule has 1 aromatic carbocycles. The van der Waals surface area contributed by atoms with E-state index >= 15 is 0 Å². The quantitative estimate of drug-likeness (QED) is 0.585. The standard InChI is InChI=1S/C15H22N2O4/c1-10(2)14(15(19)20-3)17-13(18)8-9-21-12-7-5-4-6-11(12)16/h4-7,10,14H,8-9,16H2,1-3H3,(H,17,18). The number of methoxy groups -OCH3 is 1. The Bertz CT molecular complexity index is 488. The number of benzene rings is 1. The fraction of sp³-hybridized carbons (Fsp3) is 0.467. The van der Waals surface area contributed by atoms with Gasteiger partial charge in [0.1, 0.15) is 11.8 Å². The molecule has 1 amide bonds. The molecular weight excluding hydrogens is 272 g/mol. The van der Waals surface area contributed by atoms with E-state index in [0.29, 0.717) is 11.4 Å². The highest BCUT2D eigenvalue weighted by Gasteiger charge is 2.24. The molecular formula is C15H22N2O4. The maximum atomic E-state index is 11.8. The lowest BCUT2D eigenvalue weighted by Gasteiger charge is -2.19. The smallest absolute Gasteiger partial charge is 0.328 e. The predicted molar refractivity (Wildman–Crippen MR) is 79.8 cm³/mol. The van der Waals surface area contributed by atoms with Gasteiger partial charge in [-0.25, -0.2) is 4.79 Å². The lowest BCUT2D eigenvalue weighted by Crippen LogP contribution is -2.45. The van der Waals surface area contributed by atoms with Crippen LogP contribution in [0.15, 0.2) is 24.3 Å². The molecule has 21 heavy (non-hydrogen) atoms. The topological polar surface area (TPSA) is 90.6 Å². The van der Waals surface area contributed by atoms with E-state index in [4.69, 9.17) is 10.5 Å². The average Bonchev–Trinajstić information content (AvgIpc) is 2.45. The Labute approximate surface area is 124 Å². The monoisotopic (exact) mass is 294 g/mol. The SMILES string of the molecule is COC(=O)C(NC(=O)CCOc1ccccc1N)C(C)C. The van der Waals surface area contributed by atoms with E-state index in [-0.39, 0.29) is 24.9 Å². The molecule has 6 heteroatoms. The number of nitrogens with two attached hydrogens (primary N) is 1. The Kier molecular flexibility index (Phi) is 6.52. The van der Waals surface area contributed by atoms with Crippen molar-refractivity contribution >= 4 is 17.6 Å². The van der Waals surface area contributed by atoms with Crippen LogP contribution in [0.4, 0.5) is 5.69 Å². The molecule has 0 radical (unpaired) electrons. The molecule has 1 aromatic rings. The second-order valence-electron chi connectivity index (χ2n) is 4.95. The lowest BCUT2D eigenvalue weighted by molar-refractivity contribution is -0.146. The Balaban J connectivity index is 2.43. The van der Waals surface area contributed by atoms with Gasteiger partial charge in [-0.3, -0.25) is 4.79 Å². The van der Waals surface area contributed by atoms with Crippen LogP contribution in [0.3, 0.4) is 0 Å². The third-order valence-corrected chi connectivity index (χ3v) is 2.94. The summed E-state index contributed by atoms with van der Waals surface area (Å²) in [6.07, 6.45) is 0.133. The van der Waals surface area contributed by atoms with Crippen molar-refractivity contribution in [2.45, 2.75) is 26.3 Å². The highest BCUT2D eigenvalue weighted by molar-refractivity contribution is 5.84. The van der Waals surface area contributed by atoms with Gasteiger partial charge in [-0.1, -0.05) is 26.0 Å². The van der Waals surface area contributed by atoms with E-state index in [1.807, 2.05) is 13.8 Å². The van der Waals surface area contributed by atoms with Crippen LogP contribution in [-0.2, 0) is 14.3 Å². The van der Waals surface area contributed by atoms with Crippen molar-refractivity contribution < 1.29 is 19.1 Å². The molecule has 116 valence electrons. The van der Waals surface area contributed by atoms with Gasteiger partial charge in [-0.2, -0.15) is 0 Å². The van der Waals surface area contributed by atoms with Crippen LogP contribution in [0, 0.1) is 5.92 Å². The van der Waals surface area contributed by atoms with Gasteiger partial charge in [0.2, 0.25) is 5.91 Å². The average molecular weight is 294 g/mol. The number of carbonyl (C=O) groups is 2. The Hall–Kier alpha value is -2.24. The summed E-state index contributed by atoms with van der Waals surface area (Å²) in [5.41, 5.74) is 6.25. The molecule has 6 nitrogen and oxygen atoms in total. The molecule has 0 aliphatic rings. The molecule has 0 aliphatic heterocycles. The van der Waals surface area contributed by atoms with Gasteiger partial charge >= 0.3 is 5.97 Å². The molecule has 0 aromatic heterocycles. The van der Waals surface area contributed by atoms with E-state index in [2.05, 4.69) is 10.1 Å². The first-order chi connectivity index (χ1) is 9.95. The Morgan fingerprint density at radius 1 is 1.29 bits per heavy atom. The van der Waals surface area contributed by atoms with Crippen LogP contribution in [0.25, 0.3) is 0 Å². The Morgan fingerprint density at radius 2 is 1.95 bits per heavy atom. The maximum absolute atomic E-state index is 11.8. The second-order valence-corrected chi connectivity index (χ2v) is 4.95. The van der Waals surface area contributed by atoms with Crippen LogP contribution in [0.2, 0.25) is 0 Å². The van der Waals surface area contributed by atoms with Crippen LogP contribution in [-0.4, -0.2) is 31.6 Å². The summed E-state index contributed by atoms with van der Waals surface area (Å²) < 4.78 is 10.1. The summed E-state index contributed by atoms with van der Waals surface area (Å²) in [7, 11) is 1.30. The number of rotatable bonds is 7. The molecule has 0 aliphatic carbocycles. The summed E-state index contributed by atoms with van der Waals surface area (Å²) in [6, 6.07) is 6.42. The Morgan fingerprint density at radius 3 is 2.52 bits per heavy atom. The van der Waals surface area contributed by atoms with E-state index in [1.54, 1.807) is 24.3 Å². The van der Waals surface area contributed by atoms with Crippen LogP contribution in [0.1, 0.15) is 20.3 Å². The number of nitrogens with one attached hydrogen (secondary N) is 1. The zero-order valence-corrected chi connectivity index (χ0v) is 12.6. The number of esters is 1. The van der Waals surface area contributed by atoms with Gasteiger partial charge in [0.25, 0.3) is 0 Å². The van der Waals surface area contributed by atoms with Crippen molar-refractivity contribution in [1.29, 1.82) is 0 Å². The minimum absolute atomic E-state index is 0.0490. The predicted octanol–water partition coefficient (Wildman–Crippen LogP) is 1.35. The first-order valence-electron chi connectivity index (χ1n) is 6.80. The first kappa shape index (κ1) is 16.8. The van der Waals surface area contributed by atoms with Crippen molar-refractivity contribution in [2.24, 2.45) is 5.92 Å². The molecule has 0 bridgehead atoms. The van der Waals surface area contributed by atoms with Crippen LogP contribution in [0.5, 0.6) is 5.75 Å². The molecule has 0 spiro atoms. The van der Waals surface area contributed by atoms with Crippen LogP contribution >= 0.6 is 0 Å². The van der Waals surface area contributed by atoms with Gasteiger partial charge < -0.3 is 20.5 Å². The van der Waals surface area contributed by atoms with Gasteiger partial charge in [0.05, 0.1) is 25.8 Å². The van der Waals surface area contributed by atoms with E-state index in [9.17, 15) is 9.59 Å². The van der Waals surface area contributed by atoms with E-state index < -0.39 is 12.0 Å². The van der Waals surface area contributed by atoms with Gasteiger partial charge in [-0.15, -0.1) is 0 Å². The summed E-state index contributed by atoms with van der Waals surface area (Å²) >= 11 is 0. The largest absolute Gasteiger partial charge is 0.491 e. The molecule has 1 unspecified atom stereocenters. The first-order valence-corrected chi connectivity index (χ1v) is 6.80. The number of nitrogen functional groups attached to an aromatic ring is 1. The number of para-hydroxylation sites is 2. The van der Waals surface area contributed by atoms with Crippen molar-refractivity contribution in [1.82, 2.24) is 5.32 Å². The van der Waals surface area contributed by atoms with Crippen molar-refractivity contribution in [3.8, 4) is 5.75 Å². The number of carbonyl (C=O) groups excluding carboxylic acids is 2. The zero-order chi connectivity index (χ0) is 15.8. The number of anilines is 1. The van der Waals surface area contributed by atoms with Crippen molar-refractivity contribution in [2.75, 3.05) is 19.5 Å². The lowest BCUT2D eigenvalue weighted by atomic mass is 10.0. The zero-order valence-electron chi connectivity index (χ0n) is 12.6. The minimum Gasteiger partial charge on any atom is -0.491 e. The highest BCUT2D eigenvalue weighted by atomic mass is 16.5. The molecule has 1 atom stereocenters.